The molecular formula is C10H13F3N4. The van der Waals surface area contributed by atoms with E-state index in [4.69, 9.17) is 5.73 Å². The van der Waals surface area contributed by atoms with Crippen LogP contribution in [0.1, 0.15) is 25.6 Å². The molecule has 1 aromatic heterocycles. The molecule has 0 aromatic carbocycles. The molecular weight excluding hydrogens is 233 g/mol. The highest BCUT2D eigenvalue weighted by Gasteiger charge is 2.38. The summed E-state index contributed by atoms with van der Waals surface area (Å²) >= 11 is 0. The average Bonchev–Trinajstić information content (AvgIpc) is 2.94. The molecule has 0 radical (unpaired) electrons. The van der Waals surface area contributed by atoms with E-state index in [1.807, 2.05) is 6.92 Å². The van der Waals surface area contributed by atoms with Crippen molar-refractivity contribution in [1.29, 1.82) is 0 Å². The van der Waals surface area contributed by atoms with Gasteiger partial charge in [0.25, 0.3) is 0 Å². The van der Waals surface area contributed by atoms with Gasteiger partial charge in [-0.25, -0.2) is 9.97 Å². The Balaban J connectivity index is 2.15. The maximum atomic E-state index is 12.4. The minimum atomic E-state index is -4.57. The second kappa shape index (κ2) is 4.05. The monoisotopic (exact) mass is 246 g/mol. The highest BCUT2D eigenvalue weighted by Crippen LogP contribution is 2.36. The summed E-state index contributed by atoms with van der Waals surface area (Å²) in [5.41, 5.74) is 5.33. The Labute approximate surface area is 96.4 Å². The molecule has 1 aliphatic rings. The summed E-state index contributed by atoms with van der Waals surface area (Å²) in [7, 11) is 0. The van der Waals surface area contributed by atoms with Gasteiger partial charge in [-0.05, 0) is 12.3 Å². The molecule has 3 N–H and O–H groups in total. The molecule has 4 nitrogen and oxygen atoms in total. The van der Waals surface area contributed by atoms with Gasteiger partial charge in [0.2, 0.25) is 5.82 Å². The van der Waals surface area contributed by atoms with Gasteiger partial charge in [-0.1, -0.05) is 13.3 Å². The van der Waals surface area contributed by atoms with Gasteiger partial charge in [0.1, 0.15) is 11.6 Å². The fourth-order valence-electron chi connectivity index (χ4n) is 1.73. The highest BCUT2D eigenvalue weighted by atomic mass is 19.4. The summed E-state index contributed by atoms with van der Waals surface area (Å²) in [5.74, 6) is -0.719. The molecule has 1 aliphatic carbocycles. The van der Waals surface area contributed by atoms with Crippen LogP contribution in [0.15, 0.2) is 6.07 Å². The molecule has 1 fully saturated rings. The molecule has 2 atom stereocenters. The Kier molecular flexibility index (Phi) is 2.84. The lowest BCUT2D eigenvalue weighted by atomic mass is 10.3. The zero-order valence-corrected chi connectivity index (χ0v) is 9.25. The van der Waals surface area contributed by atoms with E-state index in [2.05, 4.69) is 15.3 Å². The number of hydrogen-bond donors (Lipinski definition) is 2. The zero-order chi connectivity index (χ0) is 12.6. The van der Waals surface area contributed by atoms with Crippen LogP contribution in [0.4, 0.5) is 24.8 Å². The number of aromatic nitrogens is 2. The maximum Gasteiger partial charge on any atom is 0.451 e. The number of nitrogens with zero attached hydrogens (tertiary/aromatic N) is 2. The quantitative estimate of drug-likeness (QED) is 0.858. The topological polar surface area (TPSA) is 63.8 Å². The molecule has 1 heterocycles. The van der Waals surface area contributed by atoms with Crippen LogP contribution in [0, 0.1) is 5.92 Å². The predicted octanol–water partition coefficient (Wildman–Crippen LogP) is 2.29. The van der Waals surface area contributed by atoms with Crippen LogP contribution in [0.25, 0.3) is 0 Å². The van der Waals surface area contributed by atoms with E-state index in [0.717, 1.165) is 12.8 Å². The summed E-state index contributed by atoms with van der Waals surface area (Å²) < 4.78 is 37.3. The van der Waals surface area contributed by atoms with Crippen molar-refractivity contribution >= 4 is 11.6 Å². The number of nitrogens with two attached hydrogens (primary N) is 1. The van der Waals surface area contributed by atoms with Gasteiger partial charge in [-0.15, -0.1) is 0 Å². The summed E-state index contributed by atoms with van der Waals surface area (Å²) in [6.45, 7) is 2.04. The number of rotatable bonds is 3. The molecule has 0 aliphatic heterocycles. The summed E-state index contributed by atoms with van der Waals surface area (Å²) in [5, 5.41) is 2.94. The largest absolute Gasteiger partial charge is 0.451 e. The standard InChI is InChI=1S/C10H13F3N4/c1-2-5-3-6(5)15-8-4-7(14)16-9(17-8)10(11,12)13/h4-6H,2-3H2,1H3,(H3,14,15,16,17). The summed E-state index contributed by atoms with van der Waals surface area (Å²) in [4.78, 5) is 6.60. The highest BCUT2D eigenvalue weighted by molar-refractivity contribution is 5.46. The minimum absolute atomic E-state index is 0.144. The molecule has 0 bridgehead atoms. The Morgan fingerprint density at radius 1 is 1.47 bits per heavy atom. The van der Waals surface area contributed by atoms with Crippen LogP contribution >= 0.6 is 0 Å². The molecule has 2 rings (SSSR count). The van der Waals surface area contributed by atoms with Crippen LogP contribution in [0.2, 0.25) is 0 Å². The molecule has 0 saturated heterocycles. The van der Waals surface area contributed by atoms with Crippen LogP contribution in [0.3, 0.4) is 0 Å². The molecule has 0 amide bonds. The Morgan fingerprint density at radius 2 is 2.18 bits per heavy atom. The second-order valence-corrected chi connectivity index (χ2v) is 4.15. The normalized spacial score (nSPS) is 23.5. The van der Waals surface area contributed by atoms with Crippen molar-refractivity contribution in [2.24, 2.45) is 5.92 Å². The fourth-order valence-corrected chi connectivity index (χ4v) is 1.73. The first-order valence-electron chi connectivity index (χ1n) is 5.38. The Hall–Kier alpha value is -1.53. The Bertz CT molecular complexity index is 419. The molecule has 94 valence electrons. The lowest BCUT2D eigenvalue weighted by molar-refractivity contribution is -0.144. The van der Waals surface area contributed by atoms with Gasteiger partial charge in [-0.3, -0.25) is 0 Å². The van der Waals surface area contributed by atoms with Crippen molar-refractivity contribution in [3.8, 4) is 0 Å². The number of halogens is 3. The van der Waals surface area contributed by atoms with Crippen LogP contribution in [-0.4, -0.2) is 16.0 Å². The first kappa shape index (κ1) is 11.9. The maximum absolute atomic E-state index is 12.4. The van der Waals surface area contributed by atoms with Crippen LogP contribution in [0.5, 0.6) is 0 Å². The molecule has 0 spiro atoms. The lowest BCUT2D eigenvalue weighted by Gasteiger charge is -2.09. The predicted molar refractivity (Wildman–Crippen MR) is 57.3 cm³/mol. The van der Waals surface area contributed by atoms with E-state index in [-0.39, 0.29) is 17.7 Å². The van der Waals surface area contributed by atoms with Gasteiger partial charge in [0.05, 0.1) is 0 Å². The van der Waals surface area contributed by atoms with E-state index >= 15 is 0 Å². The third-order valence-corrected chi connectivity index (χ3v) is 2.78. The number of hydrogen-bond acceptors (Lipinski definition) is 4. The number of alkyl halides is 3. The number of nitrogens with one attached hydrogen (secondary N) is 1. The molecule has 2 unspecified atom stereocenters. The third-order valence-electron chi connectivity index (χ3n) is 2.78. The SMILES string of the molecule is CCC1CC1Nc1cc(N)nc(C(F)(F)F)n1. The van der Waals surface area contributed by atoms with E-state index in [1.165, 1.54) is 6.07 Å². The van der Waals surface area contributed by atoms with Crippen molar-refractivity contribution < 1.29 is 13.2 Å². The van der Waals surface area contributed by atoms with Crippen molar-refractivity contribution in [1.82, 2.24) is 9.97 Å². The average molecular weight is 246 g/mol. The lowest BCUT2D eigenvalue weighted by Crippen LogP contribution is -2.15. The van der Waals surface area contributed by atoms with Gasteiger partial charge < -0.3 is 11.1 Å². The van der Waals surface area contributed by atoms with E-state index in [1.54, 1.807) is 0 Å². The first-order chi connectivity index (χ1) is 7.90. The second-order valence-electron chi connectivity index (χ2n) is 4.15. The smallest absolute Gasteiger partial charge is 0.384 e. The van der Waals surface area contributed by atoms with Gasteiger partial charge in [-0.2, -0.15) is 13.2 Å². The van der Waals surface area contributed by atoms with E-state index in [0.29, 0.717) is 5.92 Å². The number of anilines is 2. The number of nitrogen functional groups attached to an aromatic ring is 1. The van der Waals surface area contributed by atoms with E-state index < -0.39 is 12.0 Å². The van der Waals surface area contributed by atoms with Crippen LogP contribution in [-0.2, 0) is 6.18 Å². The zero-order valence-electron chi connectivity index (χ0n) is 9.25. The van der Waals surface area contributed by atoms with Crippen molar-refractivity contribution in [3.63, 3.8) is 0 Å². The molecule has 17 heavy (non-hydrogen) atoms. The summed E-state index contributed by atoms with van der Waals surface area (Å²) in [6, 6.07) is 1.52. The van der Waals surface area contributed by atoms with Crippen molar-refractivity contribution in [2.75, 3.05) is 11.1 Å². The van der Waals surface area contributed by atoms with Crippen LogP contribution < -0.4 is 11.1 Å². The summed E-state index contributed by atoms with van der Waals surface area (Å²) in [6.07, 6.45) is -2.61. The first-order valence-corrected chi connectivity index (χ1v) is 5.38. The van der Waals surface area contributed by atoms with Gasteiger partial charge >= 0.3 is 6.18 Å². The van der Waals surface area contributed by atoms with Gasteiger partial charge in [0, 0.05) is 12.1 Å². The minimum Gasteiger partial charge on any atom is -0.384 e. The van der Waals surface area contributed by atoms with Crippen molar-refractivity contribution in [2.45, 2.75) is 32.0 Å². The van der Waals surface area contributed by atoms with Gasteiger partial charge in [0.15, 0.2) is 0 Å². The van der Waals surface area contributed by atoms with E-state index in [9.17, 15) is 13.2 Å². The third kappa shape index (κ3) is 2.78. The van der Waals surface area contributed by atoms with Crippen molar-refractivity contribution in [3.05, 3.63) is 11.9 Å². The molecule has 7 heteroatoms. The fraction of sp³-hybridized carbons (Fsp3) is 0.600. The molecule has 1 saturated carbocycles. The molecule has 1 aromatic rings. The Morgan fingerprint density at radius 3 is 2.71 bits per heavy atom.